The first kappa shape index (κ1) is 14.4. The predicted molar refractivity (Wildman–Crippen MR) is 82.9 cm³/mol. The number of para-hydroxylation sites is 2. The third-order valence-corrected chi connectivity index (χ3v) is 6.04. The van der Waals surface area contributed by atoms with Gasteiger partial charge in [0, 0.05) is 11.8 Å². The van der Waals surface area contributed by atoms with Crippen LogP contribution in [0.25, 0.3) is 0 Å². The zero-order valence-corrected chi connectivity index (χ0v) is 13.5. The van der Waals surface area contributed by atoms with E-state index in [4.69, 9.17) is 4.74 Å². The Labute approximate surface area is 134 Å². The van der Waals surface area contributed by atoms with Crippen LogP contribution in [-0.4, -0.2) is 24.7 Å². The van der Waals surface area contributed by atoms with E-state index >= 15 is 0 Å². The Morgan fingerprint density at radius 3 is 2.43 bits per heavy atom. The average molecular weight is 313 g/mol. The lowest BCUT2D eigenvalue weighted by atomic mass is 9.68. The van der Waals surface area contributed by atoms with Crippen LogP contribution < -0.4 is 9.64 Å². The monoisotopic (exact) mass is 313 g/mol. The summed E-state index contributed by atoms with van der Waals surface area (Å²) in [4.78, 5) is 39.7. The van der Waals surface area contributed by atoms with Crippen molar-refractivity contribution in [3.05, 3.63) is 24.3 Å². The van der Waals surface area contributed by atoms with Crippen molar-refractivity contribution >= 4 is 23.3 Å². The summed E-state index contributed by atoms with van der Waals surface area (Å²) >= 11 is 0. The van der Waals surface area contributed by atoms with Crippen molar-refractivity contribution in [3.8, 4) is 5.75 Å². The SMILES string of the molecule is COc1ccccc1N1C(=O)[C@@H]2[C@H](C1=O)[C@]1(C)CC(=O)[C@]2(C)C1. The van der Waals surface area contributed by atoms with Gasteiger partial charge >= 0.3 is 0 Å². The van der Waals surface area contributed by atoms with E-state index in [1.165, 1.54) is 12.0 Å². The lowest BCUT2D eigenvalue weighted by Gasteiger charge is -2.30. The molecule has 2 saturated carbocycles. The van der Waals surface area contributed by atoms with Gasteiger partial charge in [-0.2, -0.15) is 0 Å². The second kappa shape index (κ2) is 4.22. The highest BCUT2D eigenvalue weighted by Crippen LogP contribution is 2.68. The van der Waals surface area contributed by atoms with E-state index in [2.05, 4.69) is 0 Å². The van der Waals surface area contributed by atoms with Crippen LogP contribution in [0.15, 0.2) is 24.3 Å². The smallest absolute Gasteiger partial charge is 0.238 e. The molecule has 1 aromatic carbocycles. The Hall–Kier alpha value is -2.17. The molecule has 5 heteroatoms. The summed E-state index contributed by atoms with van der Waals surface area (Å²) in [5, 5.41) is 0. The molecule has 0 aromatic heterocycles. The molecule has 2 bridgehead atoms. The van der Waals surface area contributed by atoms with Crippen molar-refractivity contribution in [1.82, 2.24) is 0 Å². The van der Waals surface area contributed by atoms with E-state index in [1.54, 1.807) is 24.3 Å². The number of ether oxygens (including phenoxy) is 1. The zero-order chi connectivity index (χ0) is 16.6. The van der Waals surface area contributed by atoms with Gasteiger partial charge in [0.2, 0.25) is 11.8 Å². The van der Waals surface area contributed by atoms with Crippen LogP contribution in [0.2, 0.25) is 0 Å². The van der Waals surface area contributed by atoms with Crippen molar-refractivity contribution < 1.29 is 19.1 Å². The van der Waals surface area contributed by atoms with Crippen molar-refractivity contribution in [1.29, 1.82) is 0 Å². The Morgan fingerprint density at radius 2 is 1.74 bits per heavy atom. The number of benzene rings is 1. The summed E-state index contributed by atoms with van der Waals surface area (Å²) in [7, 11) is 1.51. The molecule has 2 amide bonds. The van der Waals surface area contributed by atoms with Crippen LogP contribution in [0, 0.1) is 22.7 Å². The lowest BCUT2D eigenvalue weighted by Crippen LogP contribution is -2.40. The van der Waals surface area contributed by atoms with Crippen LogP contribution in [0.1, 0.15) is 26.7 Å². The van der Waals surface area contributed by atoms with Crippen molar-refractivity contribution in [2.75, 3.05) is 12.0 Å². The van der Waals surface area contributed by atoms with Crippen LogP contribution in [0.5, 0.6) is 5.75 Å². The second-order valence-corrected chi connectivity index (χ2v) is 7.49. The van der Waals surface area contributed by atoms with Gasteiger partial charge in [-0.1, -0.05) is 26.0 Å². The maximum atomic E-state index is 13.0. The number of hydrogen-bond donors (Lipinski definition) is 0. The summed E-state index contributed by atoms with van der Waals surface area (Å²) < 4.78 is 5.30. The Kier molecular flexibility index (Phi) is 2.64. The molecule has 2 aliphatic carbocycles. The minimum absolute atomic E-state index is 0.115. The van der Waals surface area contributed by atoms with Crippen molar-refractivity contribution in [2.45, 2.75) is 26.7 Å². The fourth-order valence-electron chi connectivity index (χ4n) is 5.14. The first-order valence-corrected chi connectivity index (χ1v) is 7.88. The maximum absolute atomic E-state index is 13.0. The highest BCUT2D eigenvalue weighted by molar-refractivity contribution is 6.25. The standard InChI is InChI=1S/C18H19NO4/c1-17-8-12(20)18(2,9-17)14-13(17)15(21)19(16(14)22)10-6-4-5-7-11(10)23-3/h4-7,13-14H,8-9H2,1-3H3/t13-,14+,17-,18+/m1/s1. The Morgan fingerprint density at radius 1 is 1.09 bits per heavy atom. The summed E-state index contributed by atoms with van der Waals surface area (Å²) in [5.41, 5.74) is -0.637. The number of carbonyl (C=O) groups excluding carboxylic acids is 3. The van der Waals surface area contributed by atoms with Crippen molar-refractivity contribution in [2.24, 2.45) is 22.7 Å². The van der Waals surface area contributed by atoms with Gasteiger partial charge in [0.25, 0.3) is 0 Å². The number of Topliss-reactive ketones (excluding diaryl/α,β-unsaturated/α-hetero) is 1. The molecule has 0 spiro atoms. The molecule has 3 aliphatic rings. The summed E-state index contributed by atoms with van der Waals surface area (Å²) in [6.07, 6.45) is 1.02. The largest absolute Gasteiger partial charge is 0.495 e. The highest BCUT2D eigenvalue weighted by Gasteiger charge is 2.74. The Bertz CT molecular complexity index is 757. The molecule has 1 heterocycles. The molecule has 4 rings (SSSR count). The summed E-state index contributed by atoms with van der Waals surface area (Å²) in [6.45, 7) is 3.82. The predicted octanol–water partition coefficient (Wildman–Crippen LogP) is 2.19. The van der Waals surface area contributed by atoms with Gasteiger partial charge in [-0.3, -0.25) is 14.4 Å². The molecule has 4 atom stereocenters. The van der Waals surface area contributed by atoms with Crippen LogP contribution in [0.3, 0.4) is 0 Å². The molecule has 0 N–H and O–H groups in total. The van der Waals surface area contributed by atoms with Crippen LogP contribution >= 0.6 is 0 Å². The van der Waals surface area contributed by atoms with E-state index in [9.17, 15) is 14.4 Å². The van der Waals surface area contributed by atoms with Crippen LogP contribution in [-0.2, 0) is 14.4 Å². The number of ketones is 1. The topological polar surface area (TPSA) is 63.7 Å². The van der Waals surface area contributed by atoms with Gasteiger partial charge in [0.1, 0.15) is 11.5 Å². The molecular formula is C18H19NO4. The molecule has 23 heavy (non-hydrogen) atoms. The molecule has 1 aromatic rings. The van der Waals surface area contributed by atoms with E-state index < -0.39 is 22.7 Å². The summed E-state index contributed by atoms with van der Waals surface area (Å²) in [5.74, 6) is -0.784. The van der Waals surface area contributed by atoms with Gasteiger partial charge < -0.3 is 4.74 Å². The van der Waals surface area contributed by atoms with E-state index in [0.717, 1.165) is 0 Å². The van der Waals surface area contributed by atoms with E-state index in [-0.39, 0.29) is 17.6 Å². The van der Waals surface area contributed by atoms with E-state index in [0.29, 0.717) is 24.3 Å². The van der Waals surface area contributed by atoms with Gasteiger partial charge in [-0.05, 0) is 24.0 Å². The third kappa shape index (κ3) is 1.55. The maximum Gasteiger partial charge on any atom is 0.238 e. The number of rotatable bonds is 2. The first-order valence-electron chi connectivity index (χ1n) is 7.88. The highest BCUT2D eigenvalue weighted by atomic mass is 16.5. The lowest BCUT2D eigenvalue weighted by molar-refractivity contribution is -0.138. The first-order chi connectivity index (χ1) is 10.8. The van der Waals surface area contributed by atoms with E-state index in [1.807, 2.05) is 13.8 Å². The normalized spacial score (nSPS) is 38.4. The molecule has 0 radical (unpaired) electrons. The average Bonchev–Trinajstić information content (AvgIpc) is 3.01. The number of nitrogens with zero attached hydrogens (tertiary/aromatic N) is 1. The summed E-state index contributed by atoms with van der Waals surface area (Å²) in [6, 6.07) is 7.01. The number of carbonyl (C=O) groups is 3. The van der Waals surface area contributed by atoms with Gasteiger partial charge in [-0.25, -0.2) is 4.90 Å². The molecule has 1 saturated heterocycles. The Balaban J connectivity index is 1.84. The number of fused-ring (bicyclic) bond motifs is 5. The molecule has 0 unspecified atom stereocenters. The number of hydrogen-bond acceptors (Lipinski definition) is 4. The quantitative estimate of drug-likeness (QED) is 0.785. The minimum Gasteiger partial charge on any atom is -0.495 e. The number of anilines is 1. The van der Waals surface area contributed by atoms with Crippen LogP contribution in [0.4, 0.5) is 5.69 Å². The molecule has 3 fully saturated rings. The second-order valence-electron chi connectivity index (χ2n) is 7.49. The fourth-order valence-corrected chi connectivity index (χ4v) is 5.14. The molecular weight excluding hydrogens is 294 g/mol. The van der Waals surface area contributed by atoms with Gasteiger partial charge in [0.15, 0.2) is 0 Å². The molecule has 5 nitrogen and oxygen atoms in total. The molecule has 1 aliphatic heterocycles. The number of methoxy groups -OCH3 is 1. The number of amides is 2. The fraction of sp³-hybridized carbons (Fsp3) is 0.500. The number of imide groups is 1. The van der Waals surface area contributed by atoms with Gasteiger partial charge in [0.05, 0.1) is 24.6 Å². The molecule has 120 valence electrons. The zero-order valence-electron chi connectivity index (χ0n) is 13.5. The van der Waals surface area contributed by atoms with Gasteiger partial charge in [-0.15, -0.1) is 0 Å². The third-order valence-electron chi connectivity index (χ3n) is 6.04. The minimum atomic E-state index is -0.705. The van der Waals surface area contributed by atoms with Crippen molar-refractivity contribution in [3.63, 3.8) is 0 Å².